The van der Waals surface area contributed by atoms with E-state index >= 15 is 0 Å². The summed E-state index contributed by atoms with van der Waals surface area (Å²) < 4.78 is 39.6. The molecule has 0 spiro atoms. The van der Waals surface area contributed by atoms with Crippen LogP contribution in [0.2, 0.25) is 0 Å². The molecule has 0 radical (unpaired) electrons. The van der Waals surface area contributed by atoms with Crippen molar-refractivity contribution >= 4 is 5.97 Å². The molecule has 0 aliphatic rings. The van der Waals surface area contributed by atoms with Crippen molar-refractivity contribution in [1.29, 1.82) is 0 Å². The number of hydrogen-bond acceptors (Lipinski definition) is 1. The third-order valence-corrected chi connectivity index (χ3v) is 3.04. The van der Waals surface area contributed by atoms with Gasteiger partial charge < -0.3 is 5.11 Å². The molecule has 5 heteroatoms. The summed E-state index contributed by atoms with van der Waals surface area (Å²) in [4.78, 5) is 11.3. The van der Waals surface area contributed by atoms with E-state index in [0.717, 1.165) is 12.1 Å². The average Bonchev–Trinajstić information content (AvgIpc) is 2.45. The molecule has 0 fully saturated rings. The van der Waals surface area contributed by atoms with Crippen molar-refractivity contribution in [2.24, 2.45) is 0 Å². The van der Waals surface area contributed by atoms with Gasteiger partial charge in [-0.1, -0.05) is 36.4 Å². The maximum absolute atomic E-state index is 13.6. The minimum absolute atomic E-state index is 0.167. The maximum Gasteiger partial charge on any atom is 0.311 e. The molecule has 1 unspecified atom stereocenters. The largest absolute Gasteiger partial charge is 0.481 e. The number of rotatable bonds is 4. The quantitative estimate of drug-likeness (QED) is 0.870. The average molecular weight is 280 g/mol. The molecular weight excluding hydrogens is 269 g/mol. The summed E-state index contributed by atoms with van der Waals surface area (Å²) in [5.74, 6) is -6.39. The summed E-state index contributed by atoms with van der Waals surface area (Å²) in [6.07, 6.45) is -0.248. The second kappa shape index (κ2) is 5.77. The van der Waals surface area contributed by atoms with Crippen LogP contribution in [0.1, 0.15) is 17.0 Å². The van der Waals surface area contributed by atoms with Gasteiger partial charge in [-0.15, -0.1) is 0 Å². The Kier molecular flexibility index (Phi) is 4.08. The first kappa shape index (κ1) is 14.1. The number of hydrogen-bond donors (Lipinski definition) is 1. The Morgan fingerprint density at radius 2 is 1.65 bits per heavy atom. The SMILES string of the molecule is O=C(O)C(Cc1ccc(F)c(F)c1F)c1ccccc1. The second-order valence-corrected chi connectivity index (χ2v) is 4.34. The van der Waals surface area contributed by atoms with Crippen molar-refractivity contribution in [3.05, 3.63) is 71.0 Å². The van der Waals surface area contributed by atoms with Gasteiger partial charge in [-0.2, -0.15) is 0 Å². The van der Waals surface area contributed by atoms with Crippen molar-refractivity contribution in [1.82, 2.24) is 0 Å². The molecule has 0 bridgehead atoms. The van der Waals surface area contributed by atoms with Crippen LogP contribution in [-0.2, 0) is 11.2 Å². The van der Waals surface area contributed by atoms with E-state index in [1.807, 2.05) is 0 Å². The Balaban J connectivity index is 2.35. The van der Waals surface area contributed by atoms with Gasteiger partial charge >= 0.3 is 5.97 Å². The van der Waals surface area contributed by atoms with Crippen LogP contribution in [0.15, 0.2) is 42.5 Å². The molecule has 0 heterocycles. The van der Waals surface area contributed by atoms with Gasteiger partial charge in [0.1, 0.15) is 0 Å². The van der Waals surface area contributed by atoms with Crippen LogP contribution < -0.4 is 0 Å². The Morgan fingerprint density at radius 3 is 2.25 bits per heavy atom. The van der Waals surface area contributed by atoms with Gasteiger partial charge in [0.25, 0.3) is 0 Å². The predicted octanol–water partition coefficient (Wildman–Crippen LogP) is 3.51. The fourth-order valence-electron chi connectivity index (χ4n) is 1.98. The number of halogens is 3. The van der Waals surface area contributed by atoms with Crippen LogP contribution in [0, 0.1) is 17.5 Å². The van der Waals surface area contributed by atoms with Crippen LogP contribution >= 0.6 is 0 Å². The standard InChI is InChI=1S/C15H11F3O2/c16-12-7-6-10(13(17)14(12)18)8-11(15(19)20)9-4-2-1-3-5-9/h1-7,11H,8H2,(H,19,20). The minimum atomic E-state index is -1.58. The summed E-state index contributed by atoms with van der Waals surface area (Å²) in [7, 11) is 0. The number of carboxylic acid groups (broad SMARTS) is 1. The lowest BCUT2D eigenvalue weighted by Gasteiger charge is -2.13. The topological polar surface area (TPSA) is 37.3 Å². The highest BCUT2D eigenvalue weighted by Crippen LogP contribution is 2.24. The summed E-state index contributed by atoms with van der Waals surface area (Å²) in [6.45, 7) is 0. The van der Waals surface area contributed by atoms with Crippen molar-refractivity contribution in [3.8, 4) is 0 Å². The van der Waals surface area contributed by atoms with E-state index in [4.69, 9.17) is 0 Å². The molecule has 104 valence electrons. The lowest BCUT2D eigenvalue weighted by molar-refractivity contribution is -0.138. The van der Waals surface area contributed by atoms with E-state index in [1.54, 1.807) is 30.3 Å². The molecule has 0 aliphatic heterocycles. The first-order chi connectivity index (χ1) is 9.50. The highest BCUT2D eigenvalue weighted by Gasteiger charge is 2.23. The normalized spacial score (nSPS) is 12.2. The molecule has 0 aromatic heterocycles. The third-order valence-electron chi connectivity index (χ3n) is 3.04. The molecule has 0 amide bonds. The summed E-state index contributed by atoms with van der Waals surface area (Å²) >= 11 is 0. The lowest BCUT2D eigenvalue weighted by atomic mass is 9.92. The number of carbonyl (C=O) groups is 1. The fourth-order valence-corrected chi connectivity index (χ4v) is 1.98. The van der Waals surface area contributed by atoms with Gasteiger partial charge in [-0.3, -0.25) is 4.79 Å². The van der Waals surface area contributed by atoms with Crippen LogP contribution in [0.3, 0.4) is 0 Å². The van der Waals surface area contributed by atoms with E-state index in [1.165, 1.54) is 0 Å². The van der Waals surface area contributed by atoms with Crippen molar-refractivity contribution < 1.29 is 23.1 Å². The summed E-state index contributed by atoms with van der Waals surface area (Å²) in [5.41, 5.74) is 0.310. The smallest absolute Gasteiger partial charge is 0.311 e. The molecule has 2 nitrogen and oxygen atoms in total. The number of carboxylic acids is 1. The first-order valence-electron chi connectivity index (χ1n) is 5.91. The van der Waals surface area contributed by atoms with E-state index in [-0.39, 0.29) is 12.0 Å². The van der Waals surface area contributed by atoms with Gasteiger partial charge in [0.2, 0.25) is 0 Å². The third kappa shape index (κ3) is 2.82. The molecule has 2 aromatic rings. The van der Waals surface area contributed by atoms with Crippen LogP contribution in [0.5, 0.6) is 0 Å². The first-order valence-corrected chi connectivity index (χ1v) is 5.91. The predicted molar refractivity (Wildman–Crippen MR) is 66.8 cm³/mol. The highest BCUT2D eigenvalue weighted by atomic mass is 19.2. The molecule has 0 saturated carbocycles. The molecule has 20 heavy (non-hydrogen) atoms. The Bertz CT molecular complexity index is 627. The zero-order valence-electron chi connectivity index (χ0n) is 10.3. The molecule has 0 saturated heterocycles. The Hall–Kier alpha value is -2.30. The van der Waals surface area contributed by atoms with E-state index in [9.17, 15) is 23.1 Å². The van der Waals surface area contributed by atoms with Gasteiger partial charge in [0.05, 0.1) is 5.92 Å². The Labute approximate surface area is 113 Å². The van der Waals surface area contributed by atoms with Gasteiger partial charge in [-0.05, 0) is 23.6 Å². The molecule has 2 rings (SSSR count). The highest BCUT2D eigenvalue weighted by molar-refractivity contribution is 5.76. The van der Waals surface area contributed by atoms with Crippen LogP contribution in [0.4, 0.5) is 13.2 Å². The van der Waals surface area contributed by atoms with Crippen molar-refractivity contribution in [3.63, 3.8) is 0 Å². The molecule has 1 atom stereocenters. The van der Waals surface area contributed by atoms with E-state index in [2.05, 4.69) is 0 Å². The number of benzene rings is 2. The lowest BCUT2D eigenvalue weighted by Crippen LogP contribution is -2.15. The van der Waals surface area contributed by atoms with Gasteiger partial charge in [0.15, 0.2) is 17.5 Å². The monoisotopic (exact) mass is 280 g/mol. The van der Waals surface area contributed by atoms with E-state index in [0.29, 0.717) is 5.56 Å². The zero-order chi connectivity index (χ0) is 14.7. The maximum atomic E-state index is 13.6. The summed E-state index contributed by atoms with van der Waals surface area (Å²) in [6, 6.07) is 10.1. The fraction of sp³-hybridized carbons (Fsp3) is 0.133. The molecule has 1 N–H and O–H groups in total. The van der Waals surface area contributed by atoms with E-state index < -0.39 is 29.3 Å². The van der Waals surface area contributed by atoms with Gasteiger partial charge in [-0.25, -0.2) is 13.2 Å². The van der Waals surface area contributed by atoms with Crippen LogP contribution in [-0.4, -0.2) is 11.1 Å². The molecular formula is C15H11F3O2. The summed E-state index contributed by atoms with van der Waals surface area (Å²) in [5, 5.41) is 9.21. The van der Waals surface area contributed by atoms with Crippen LogP contribution in [0.25, 0.3) is 0 Å². The molecule has 2 aromatic carbocycles. The second-order valence-electron chi connectivity index (χ2n) is 4.34. The zero-order valence-corrected chi connectivity index (χ0v) is 10.3. The van der Waals surface area contributed by atoms with Crippen molar-refractivity contribution in [2.75, 3.05) is 0 Å². The minimum Gasteiger partial charge on any atom is -0.481 e. The molecule has 0 aliphatic carbocycles. The van der Waals surface area contributed by atoms with Gasteiger partial charge in [0, 0.05) is 0 Å². The number of aliphatic carboxylic acids is 1. The van der Waals surface area contributed by atoms with Crippen molar-refractivity contribution in [2.45, 2.75) is 12.3 Å². The Morgan fingerprint density at radius 1 is 1.00 bits per heavy atom.